The van der Waals surface area contributed by atoms with Gasteiger partial charge in [0.15, 0.2) is 5.88 Å². The highest BCUT2D eigenvalue weighted by atomic mass is 79.9. The number of hydrogen-bond donors (Lipinski definition) is 4. The Labute approximate surface area is 152 Å². The molecule has 0 saturated heterocycles. The van der Waals surface area contributed by atoms with Gasteiger partial charge >= 0.3 is 0 Å². The Morgan fingerprint density at radius 3 is 2.79 bits per heavy atom. The van der Waals surface area contributed by atoms with Crippen LogP contribution in [-0.2, 0) is 0 Å². The molecule has 2 unspecified atom stereocenters. The van der Waals surface area contributed by atoms with Crippen molar-refractivity contribution in [2.24, 2.45) is 5.92 Å². The summed E-state index contributed by atoms with van der Waals surface area (Å²) < 4.78 is 0. The molecule has 0 fully saturated rings. The van der Waals surface area contributed by atoms with Crippen LogP contribution in [0.25, 0.3) is 0 Å². The van der Waals surface area contributed by atoms with E-state index in [1.54, 1.807) is 0 Å². The molecular formula is C19H24BrNO3. The van der Waals surface area contributed by atoms with Crippen molar-refractivity contribution in [1.29, 1.82) is 0 Å². The van der Waals surface area contributed by atoms with Gasteiger partial charge in [-0.25, -0.2) is 0 Å². The third kappa shape index (κ3) is 2.79. The molecule has 4 rings (SSSR count). The zero-order chi connectivity index (χ0) is 16.0. The highest BCUT2D eigenvalue weighted by Crippen LogP contribution is 2.46. The molecule has 5 heteroatoms. The standard InChI is InChI=1S/C19H23NO3.BrH/c21-7-6-11-8-13-5-4-12-2-1-3-14-10-20-19(23)18(16(12)14)17(13)15(22)9-11;/h1-2,4,11,15,20-23H,3,5-10H2;1H. The highest BCUT2D eigenvalue weighted by Gasteiger charge is 2.36. The molecule has 3 aliphatic carbocycles. The predicted molar refractivity (Wildman–Crippen MR) is 98.9 cm³/mol. The number of halogens is 1. The van der Waals surface area contributed by atoms with Crippen LogP contribution in [0.4, 0.5) is 0 Å². The first-order valence-corrected chi connectivity index (χ1v) is 8.46. The van der Waals surface area contributed by atoms with Crippen LogP contribution < -0.4 is 5.32 Å². The van der Waals surface area contributed by atoms with Gasteiger partial charge < -0.3 is 20.6 Å². The number of allylic oxidation sites excluding steroid dienone is 6. The van der Waals surface area contributed by atoms with E-state index in [2.05, 4.69) is 23.5 Å². The van der Waals surface area contributed by atoms with Crippen molar-refractivity contribution in [3.05, 3.63) is 57.5 Å². The van der Waals surface area contributed by atoms with Crippen LogP contribution in [0.15, 0.2) is 57.5 Å². The lowest BCUT2D eigenvalue weighted by molar-refractivity contribution is 0.148. The first-order valence-electron chi connectivity index (χ1n) is 8.46. The van der Waals surface area contributed by atoms with Gasteiger partial charge in [0.25, 0.3) is 0 Å². The molecule has 2 atom stereocenters. The minimum Gasteiger partial charge on any atom is -0.494 e. The number of rotatable bonds is 2. The predicted octanol–water partition coefficient (Wildman–Crippen LogP) is 2.97. The number of hydrogen-bond acceptors (Lipinski definition) is 4. The molecule has 4 N–H and O–H groups in total. The summed E-state index contributed by atoms with van der Waals surface area (Å²) >= 11 is 0. The fourth-order valence-corrected chi connectivity index (χ4v) is 4.41. The number of nitrogens with one attached hydrogen (secondary N) is 1. The Balaban J connectivity index is 0.00000169. The van der Waals surface area contributed by atoms with Crippen LogP contribution in [0.5, 0.6) is 0 Å². The molecule has 0 aromatic carbocycles. The molecule has 0 amide bonds. The molecule has 1 heterocycles. The number of dihydropyridines is 1. The molecule has 0 radical (unpaired) electrons. The number of fused-ring (bicyclic) bond motifs is 1. The van der Waals surface area contributed by atoms with Gasteiger partial charge in [-0.05, 0) is 60.3 Å². The Bertz CT molecular complexity index is 699. The molecule has 130 valence electrons. The van der Waals surface area contributed by atoms with Crippen molar-refractivity contribution in [1.82, 2.24) is 5.32 Å². The zero-order valence-electron chi connectivity index (χ0n) is 13.6. The number of aliphatic hydroxyl groups excluding tert-OH is 3. The van der Waals surface area contributed by atoms with Gasteiger partial charge in [-0.2, -0.15) is 0 Å². The van der Waals surface area contributed by atoms with Crippen LogP contribution in [0, 0.1) is 5.92 Å². The molecule has 0 aromatic rings. The molecule has 0 spiro atoms. The van der Waals surface area contributed by atoms with E-state index >= 15 is 0 Å². The van der Waals surface area contributed by atoms with E-state index in [0.29, 0.717) is 18.9 Å². The van der Waals surface area contributed by atoms with Gasteiger partial charge in [0, 0.05) is 18.7 Å². The molecule has 0 bridgehead atoms. The third-order valence-electron chi connectivity index (χ3n) is 5.44. The second-order valence-electron chi connectivity index (χ2n) is 6.88. The van der Waals surface area contributed by atoms with Crippen LogP contribution >= 0.6 is 17.0 Å². The highest BCUT2D eigenvalue weighted by molar-refractivity contribution is 8.93. The fraction of sp³-hybridized carbons (Fsp3) is 0.474. The number of aliphatic hydroxyl groups is 3. The van der Waals surface area contributed by atoms with Crippen molar-refractivity contribution < 1.29 is 15.3 Å². The van der Waals surface area contributed by atoms with E-state index in [-0.39, 0.29) is 29.5 Å². The van der Waals surface area contributed by atoms with E-state index in [4.69, 9.17) is 0 Å². The average molecular weight is 394 g/mol. The van der Waals surface area contributed by atoms with Gasteiger partial charge in [0.1, 0.15) is 0 Å². The minimum absolute atomic E-state index is 0. The van der Waals surface area contributed by atoms with Gasteiger partial charge in [-0.3, -0.25) is 0 Å². The van der Waals surface area contributed by atoms with Crippen molar-refractivity contribution in [2.45, 2.75) is 38.2 Å². The summed E-state index contributed by atoms with van der Waals surface area (Å²) in [7, 11) is 0. The fourth-order valence-electron chi connectivity index (χ4n) is 4.41. The normalized spacial score (nSPS) is 28.5. The maximum Gasteiger partial charge on any atom is 0.192 e. The Hall–Kier alpha value is -1.30. The van der Waals surface area contributed by atoms with Crippen molar-refractivity contribution in [3.63, 3.8) is 0 Å². The van der Waals surface area contributed by atoms with E-state index < -0.39 is 6.10 Å². The average Bonchev–Trinajstić information content (AvgIpc) is 2.70. The van der Waals surface area contributed by atoms with Crippen LogP contribution in [0.2, 0.25) is 0 Å². The van der Waals surface area contributed by atoms with E-state index in [1.807, 2.05) is 0 Å². The lowest BCUT2D eigenvalue weighted by Gasteiger charge is -2.34. The van der Waals surface area contributed by atoms with Crippen LogP contribution in [0.3, 0.4) is 0 Å². The molecule has 24 heavy (non-hydrogen) atoms. The minimum atomic E-state index is -0.570. The van der Waals surface area contributed by atoms with Gasteiger partial charge in [0.05, 0.1) is 6.10 Å². The summed E-state index contributed by atoms with van der Waals surface area (Å²) in [5.74, 6) is 0.509. The van der Waals surface area contributed by atoms with Gasteiger partial charge in [-0.1, -0.05) is 23.8 Å². The maximum atomic E-state index is 10.8. The van der Waals surface area contributed by atoms with E-state index in [1.165, 1.54) is 11.1 Å². The SMILES string of the molecule is Br.OCCC1CC2=C(C3=C(O)NCC4=C3C(=CC2)C=CC4)C(O)C1. The lowest BCUT2D eigenvalue weighted by atomic mass is 9.75. The molecule has 0 aromatic heterocycles. The molecular weight excluding hydrogens is 370 g/mol. The van der Waals surface area contributed by atoms with Crippen molar-refractivity contribution >= 4 is 17.0 Å². The summed E-state index contributed by atoms with van der Waals surface area (Å²) in [5.41, 5.74) is 6.49. The second kappa shape index (κ2) is 6.90. The summed E-state index contributed by atoms with van der Waals surface area (Å²) in [6.45, 7) is 0.826. The van der Waals surface area contributed by atoms with Crippen LogP contribution in [-0.4, -0.2) is 34.6 Å². The van der Waals surface area contributed by atoms with Gasteiger partial charge in [0.2, 0.25) is 0 Å². The van der Waals surface area contributed by atoms with E-state index in [9.17, 15) is 15.3 Å². The summed E-state index contributed by atoms with van der Waals surface area (Å²) in [4.78, 5) is 0. The Morgan fingerprint density at radius 2 is 2.00 bits per heavy atom. The summed E-state index contributed by atoms with van der Waals surface area (Å²) in [6.07, 6.45) is 9.92. The monoisotopic (exact) mass is 393 g/mol. The first-order chi connectivity index (χ1) is 11.2. The van der Waals surface area contributed by atoms with Crippen molar-refractivity contribution in [3.8, 4) is 0 Å². The smallest absolute Gasteiger partial charge is 0.192 e. The lowest BCUT2D eigenvalue weighted by Crippen LogP contribution is -2.31. The molecule has 4 aliphatic rings. The zero-order valence-corrected chi connectivity index (χ0v) is 15.3. The quantitative estimate of drug-likeness (QED) is 0.581. The second-order valence-corrected chi connectivity index (χ2v) is 6.88. The third-order valence-corrected chi connectivity index (χ3v) is 5.44. The van der Waals surface area contributed by atoms with Gasteiger partial charge in [-0.15, -0.1) is 17.0 Å². The first kappa shape index (κ1) is 17.5. The largest absolute Gasteiger partial charge is 0.494 e. The summed E-state index contributed by atoms with van der Waals surface area (Å²) in [6, 6.07) is 0. The van der Waals surface area contributed by atoms with E-state index in [0.717, 1.165) is 48.0 Å². The van der Waals surface area contributed by atoms with Crippen molar-refractivity contribution in [2.75, 3.05) is 13.2 Å². The maximum absolute atomic E-state index is 10.8. The topological polar surface area (TPSA) is 72.7 Å². The summed E-state index contributed by atoms with van der Waals surface area (Å²) in [5, 5.41) is 33.6. The molecule has 0 saturated carbocycles. The molecule has 4 nitrogen and oxygen atoms in total. The Kier molecular flexibility index (Phi) is 5.04. The Morgan fingerprint density at radius 1 is 1.17 bits per heavy atom. The van der Waals surface area contributed by atoms with Crippen LogP contribution in [0.1, 0.15) is 32.1 Å². The molecule has 1 aliphatic heterocycles.